The fourth-order valence-corrected chi connectivity index (χ4v) is 5.31. The number of carbonyl (C=O) groups is 1. The van der Waals surface area contributed by atoms with Gasteiger partial charge in [0.15, 0.2) is 0 Å². The van der Waals surface area contributed by atoms with Crippen molar-refractivity contribution in [2.75, 3.05) is 13.1 Å². The molecular weight excluding hydrogens is 372 g/mol. The largest absolute Gasteiger partial charge is 0.380 e. The Kier molecular flexibility index (Phi) is 3.85. The topological polar surface area (TPSA) is 53.4 Å². The standard InChI is InChI=1S/C26H26N2O2/c29-24(26(30)9-10-26)28-14-11-25(12-15-28)17-22(25)19-5-3-18(4-6-19)21-8-7-20-2-1-13-27-23(20)16-21/h1-8,13,16,22,30H,9-12,14-15,17H2. The van der Waals surface area contributed by atoms with Crippen molar-refractivity contribution in [1.82, 2.24) is 9.88 Å². The van der Waals surface area contributed by atoms with E-state index in [-0.39, 0.29) is 5.91 Å². The van der Waals surface area contributed by atoms with Gasteiger partial charge in [-0.2, -0.15) is 0 Å². The van der Waals surface area contributed by atoms with Crippen molar-refractivity contribution >= 4 is 16.8 Å². The Morgan fingerprint density at radius 1 is 0.967 bits per heavy atom. The predicted molar refractivity (Wildman–Crippen MR) is 117 cm³/mol. The van der Waals surface area contributed by atoms with E-state index >= 15 is 0 Å². The van der Waals surface area contributed by atoms with Gasteiger partial charge in [0, 0.05) is 24.7 Å². The molecule has 1 unspecified atom stereocenters. The van der Waals surface area contributed by atoms with E-state index in [1.807, 2.05) is 17.2 Å². The van der Waals surface area contributed by atoms with Gasteiger partial charge < -0.3 is 10.0 Å². The van der Waals surface area contributed by atoms with Gasteiger partial charge in [-0.1, -0.05) is 42.5 Å². The smallest absolute Gasteiger partial charge is 0.254 e. The summed E-state index contributed by atoms with van der Waals surface area (Å²) in [4.78, 5) is 18.8. The van der Waals surface area contributed by atoms with Crippen LogP contribution in [0.4, 0.5) is 0 Å². The number of carbonyl (C=O) groups excluding carboxylic acids is 1. The monoisotopic (exact) mass is 398 g/mol. The zero-order valence-electron chi connectivity index (χ0n) is 17.1. The summed E-state index contributed by atoms with van der Waals surface area (Å²) in [6.07, 6.45) is 6.44. The van der Waals surface area contributed by atoms with Crippen molar-refractivity contribution in [3.8, 4) is 11.1 Å². The summed E-state index contributed by atoms with van der Waals surface area (Å²) < 4.78 is 0. The van der Waals surface area contributed by atoms with Crippen LogP contribution in [-0.4, -0.2) is 39.6 Å². The third kappa shape index (κ3) is 2.93. The number of hydrogen-bond acceptors (Lipinski definition) is 3. The molecule has 3 fully saturated rings. The van der Waals surface area contributed by atoms with Crippen molar-refractivity contribution in [1.29, 1.82) is 0 Å². The Bertz CT molecular complexity index is 1130. The van der Waals surface area contributed by atoms with Crippen LogP contribution in [0.5, 0.6) is 0 Å². The van der Waals surface area contributed by atoms with Gasteiger partial charge in [-0.15, -0.1) is 0 Å². The van der Waals surface area contributed by atoms with Crippen LogP contribution in [0.15, 0.2) is 60.8 Å². The first kappa shape index (κ1) is 18.1. The highest BCUT2D eigenvalue weighted by Crippen LogP contribution is 2.65. The molecule has 3 aliphatic rings. The highest BCUT2D eigenvalue weighted by molar-refractivity contribution is 5.88. The summed E-state index contributed by atoms with van der Waals surface area (Å²) in [7, 11) is 0. The Morgan fingerprint density at radius 3 is 2.43 bits per heavy atom. The number of aliphatic hydroxyl groups is 1. The van der Waals surface area contributed by atoms with Gasteiger partial charge in [0.1, 0.15) is 5.60 Å². The van der Waals surface area contributed by atoms with Crippen LogP contribution in [0.25, 0.3) is 22.0 Å². The molecule has 0 radical (unpaired) electrons. The van der Waals surface area contributed by atoms with Crippen molar-refractivity contribution in [3.05, 3.63) is 66.4 Å². The average molecular weight is 399 g/mol. The van der Waals surface area contributed by atoms with Gasteiger partial charge >= 0.3 is 0 Å². The van der Waals surface area contributed by atoms with Crippen LogP contribution in [0.3, 0.4) is 0 Å². The van der Waals surface area contributed by atoms with Gasteiger partial charge in [0.05, 0.1) is 5.52 Å². The first-order valence-corrected chi connectivity index (χ1v) is 11.0. The molecule has 4 nitrogen and oxygen atoms in total. The van der Waals surface area contributed by atoms with Gasteiger partial charge in [0.25, 0.3) is 5.91 Å². The number of pyridine rings is 1. The maximum atomic E-state index is 12.4. The molecule has 1 atom stereocenters. The van der Waals surface area contributed by atoms with Gasteiger partial charge in [-0.3, -0.25) is 9.78 Å². The number of nitrogens with zero attached hydrogens (tertiary/aromatic N) is 2. The Hall–Kier alpha value is -2.72. The maximum absolute atomic E-state index is 12.4. The van der Waals surface area contributed by atoms with E-state index in [1.165, 1.54) is 23.1 Å². The first-order chi connectivity index (χ1) is 14.6. The molecule has 6 rings (SSSR count). The molecule has 1 spiro atoms. The highest BCUT2D eigenvalue weighted by Gasteiger charge is 2.57. The lowest BCUT2D eigenvalue weighted by Crippen LogP contribution is -2.45. The van der Waals surface area contributed by atoms with Crippen molar-refractivity contribution in [2.24, 2.45) is 5.41 Å². The van der Waals surface area contributed by atoms with E-state index in [2.05, 4.69) is 53.5 Å². The van der Waals surface area contributed by atoms with E-state index in [0.29, 0.717) is 24.2 Å². The number of rotatable bonds is 3. The van der Waals surface area contributed by atoms with Gasteiger partial charge in [0.2, 0.25) is 0 Å². The number of amides is 1. The minimum Gasteiger partial charge on any atom is -0.380 e. The SMILES string of the molecule is O=C(N1CCC2(CC1)CC2c1ccc(-c2ccc3cccnc3c2)cc1)C1(O)CC1. The van der Waals surface area contributed by atoms with E-state index in [4.69, 9.17) is 0 Å². The van der Waals surface area contributed by atoms with E-state index < -0.39 is 5.60 Å². The summed E-state index contributed by atoms with van der Waals surface area (Å²) in [6, 6.07) is 19.5. The summed E-state index contributed by atoms with van der Waals surface area (Å²) in [5, 5.41) is 11.3. The molecular formula is C26H26N2O2. The molecule has 0 bridgehead atoms. The second-order valence-electron chi connectivity index (χ2n) is 9.48. The fraction of sp³-hybridized carbons (Fsp3) is 0.385. The molecule has 2 heterocycles. The molecule has 1 saturated heterocycles. The molecule has 2 aromatic carbocycles. The average Bonchev–Trinajstić information content (AvgIpc) is 3.71. The molecule has 4 heteroatoms. The van der Waals surface area contributed by atoms with E-state index in [9.17, 15) is 9.90 Å². The van der Waals surface area contributed by atoms with Gasteiger partial charge in [-0.05, 0) is 72.3 Å². The summed E-state index contributed by atoms with van der Waals surface area (Å²) >= 11 is 0. The number of likely N-dealkylation sites (tertiary alicyclic amines) is 1. The normalized spacial score (nSPS) is 23.5. The number of piperidine rings is 1. The lowest BCUT2D eigenvalue weighted by molar-refractivity contribution is -0.144. The quantitative estimate of drug-likeness (QED) is 0.706. The summed E-state index contributed by atoms with van der Waals surface area (Å²) in [6.45, 7) is 1.58. The zero-order chi connectivity index (χ0) is 20.3. The van der Waals surface area contributed by atoms with Crippen LogP contribution in [-0.2, 0) is 4.79 Å². The Morgan fingerprint density at radius 2 is 1.70 bits per heavy atom. The number of fused-ring (bicyclic) bond motifs is 1. The number of hydrogen-bond donors (Lipinski definition) is 1. The molecule has 1 amide bonds. The van der Waals surface area contributed by atoms with Crippen LogP contribution >= 0.6 is 0 Å². The molecule has 30 heavy (non-hydrogen) atoms. The zero-order valence-corrected chi connectivity index (χ0v) is 17.1. The number of benzene rings is 2. The molecule has 2 saturated carbocycles. The van der Waals surface area contributed by atoms with Crippen LogP contribution in [0.2, 0.25) is 0 Å². The van der Waals surface area contributed by atoms with Crippen LogP contribution < -0.4 is 0 Å². The first-order valence-electron chi connectivity index (χ1n) is 11.0. The third-order valence-electron chi connectivity index (χ3n) is 7.61. The Labute approximate surface area is 176 Å². The summed E-state index contributed by atoms with van der Waals surface area (Å²) in [5.41, 5.74) is 4.19. The Balaban J connectivity index is 1.15. The molecule has 1 N–H and O–H groups in total. The molecule has 152 valence electrons. The third-order valence-corrected chi connectivity index (χ3v) is 7.61. The highest BCUT2D eigenvalue weighted by atomic mass is 16.3. The van der Waals surface area contributed by atoms with Crippen LogP contribution in [0.1, 0.15) is 43.6 Å². The molecule has 1 aliphatic heterocycles. The fourth-order valence-electron chi connectivity index (χ4n) is 5.31. The minimum absolute atomic E-state index is 0.0382. The molecule has 2 aliphatic carbocycles. The second-order valence-corrected chi connectivity index (χ2v) is 9.48. The maximum Gasteiger partial charge on any atom is 0.254 e. The van der Waals surface area contributed by atoms with E-state index in [1.54, 1.807) is 0 Å². The van der Waals surface area contributed by atoms with Crippen molar-refractivity contribution in [3.63, 3.8) is 0 Å². The molecule has 1 aromatic heterocycles. The van der Waals surface area contributed by atoms with Crippen molar-refractivity contribution < 1.29 is 9.90 Å². The minimum atomic E-state index is -1.03. The lowest BCUT2D eigenvalue weighted by Gasteiger charge is -2.34. The van der Waals surface area contributed by atoms with E-state index in [0.717, 1.165) is 36.8 Å². The number of aromatic nitrogens is 1. The van der Waals surface area contributed by atoms with Crippen molar-refractivity contribution in [2.45, 2.75) is 43.6 Å². The predicted octanol–water partition coefficient (Wildman–Crippen LogP) is 4.52. The second kappa shape index (κ2) is 6.39. The molecule has 3 aromatic rings. The van der Waals surface area contributed by atoms with Crippen LogP contribution in [0, 0.1) is 5.41 Å². The van der Waals surface area contributed by atoms with Gasteiger partial charge in [-0.25, -0.2) is 0 Å². The lowest BCUT2D eigenvalue weighted by atomic mass is 9.88. The summed E-state index contributed by atoms with van der Waals surface area (Å²) in [5.74, 6) is 0.565.